The van der Waals surface area contributed by atoms with Crippen molar-refractivity contribution in [3.63, 3.8) is 0 Å². The van der Waals surface area contributed by atoms with Crippen LogP contribution >= 0.6 is 0 Å². The molecule has 0 aliphatic heterocycles. The first-order valence-electron chi connectivity index (χ1n) is 4.85. The maximum absolute atomic E-state index is 11.9. The van der Waals surface area contributed by atoms with Gasteiger partial charge in [0.2, 0.25) is 0 Å². The number of aromatic nitrogens is 3. The summed E-state index contributed by atoms with van der Waals surface area (Å²) in [6.45, 7) is -6.32. The Balaban J connectivity index is 0.00000162. The fourth-order valence-electron chi connectivity index (χ4n) is 1.19. The van der Waals surface area contributed by atoms with Crippen LogP contribution in [0, 0.1) is 0 Å². The van der Waals surface area contributed by atoms with Crippen molar-refractivity contribution >= 4 is 6.98 Å². The van der Waals surface area contributed by atoms with Crippen LogP contribution in [-0.2, 0) is 0 Å². The van der Waals surface area contributed by atoms with Crippen LogP contribution in [0.5, 0.6) is 6.01 Å². The van der Waals surface area contributed by atoms with Crippen LogP contribution in [0.2, 0.25) is 0 Å². The van der Waals surface area contributed by atoms with Gasteiger partial charge in [0.1, 0.15) is 6.33 Å². The van der Waals surface area contributed by atoms with Gasteiger partial charge in [0.05, 0.1) is 12.2 Å². The van der Waals surface area contributed by atoms with E-state index in [2.05, 4.69) is 14.8 Å². The molecule has 0 amide bonds. The molecule has 0 saturated heterocycles. The van der Waals surface area contributed by atoms with Gasteiger partial charge in [-0.15, -0.1) is 5.10 Å². The summed E-state index contributed by atoms with van der Waals surface area (Å²) >= 11 is 0. The van der Waals surface area contributed by atoms with Gasteiger partial charge in [-0.2, -0.15) is 4.98 Å². The van der Waals surface area contributed by atoms with Crippen molar-refractivity contribution in [2.24, 2.45) is 0 Å². The van der Waals surface area contributed by atoms with E-state index in [0.29, 0.717) is 5.69 Å². The van der Waals surface area contributed by atoms with Crippen LogP contribution < -0.4 is 56.1 Å². The Morgan fingerprint density at radius 3 is 2.44 bits per heavy atom. The molecule has 1 aromatic heterocycles. The largest absolute Gasteiger partial charge is 1.00 e. The third-order valence-electron chi connectivity index (χ3n) is 1.89. The van der Waals surface area contributed by atoms with E-state index < -0.39 is 13.5 Å². The van der Waals surface area contributed by atoms with Gasteiger partial charge in [-0.1, -0.05) is 18.2 Å². The van der Waals surface area contributed by atoms with Crippen molar-refractivity contribution in [2.45, 2.75) is 0 Å². The molecule has 1 heterocycles. The Morgan fingerprint density at radius 2 is 1.83 bits per heavy atom. The topological polar surface area (TPSA) is 39.9 Å². The number of rotatable bonds is 4. The summed E-state index contributed by atoms with van der Waals surface area (Å²) in [4.78, 5) is 3.64. The molecule has 0 aliphatic rings. The van der Waals surface area contributed by atoms with Crippen LogP contribution in [0.4, 0.5) is 12.9 Å². The van der Waals surface area contributed by atoms with E-state index in [-0.39, 0.29) is 57.4 Å². The van der Waals surface area contributed by atoms with Gasteiger partial charge < -0.3 is 17.7 Å². The SMILES string of the molecule is F[B-](F)(F)COc1ncn(-c2ccccc2)n1.[K+]. The average Bonchev–Trinajstić information content (AvgIpc) is 2.75. The minimum Gasteiger partial charge on any atom is -0.492 e. The number of hydrogen-bond donors (Lipinski definition) is 0. The van der Waals surface area contributed by atoms with Crippen LogP contribution in [-0.4, -0.2) is 28.2 Å². The van der Waals surface area contributed by atoms with Crippen molar-refractivity contribution in [1.82, 2.24) is 14.8 Å². The smallest absolute Gasteiger partial charge is 0.492 e. The summed E-state index contributed by atoms with van der Waals surface area (Å²) in [5.74, 6) is 0. The third kappa shape index (κ3) is 4.73. The molecule has 0 unspecified atom stereocenters. The van der Waals surface area contributed by atoms with E-state index in [1.54, 1.807) is 24.3 Å². The molecule has 90 valence electrons. The van der Waals surface area contributed by atoms with E-state index in [9.17, 15) is 12.9 Å². The molecule has 0 N–H and O–H groups in total. The summed E-state index contributed by atoms with van der Waals surface area (Å²) in [6, 6.07) is 8.63. The fourth-order valence-corrected chi connectivity index (χ4v) is 1.19. The average molecular weight is 281 g/mol. The van der Waals surface area contributed by atoms with Crippen LogP contribution in [0.3, 0.4) is 0 Å². The van der Waals surface area contributed by atoms with Crippen LogP contribution in [0.15, 0.2) is 36.7 Å². The van der Waals surface area contributed by atoms with Gasteiger partial charge in [-0.3, -0.25) is 0 Å². The summed E-state index contributed by atoms with van der Waals surface area (Å²) < 4.78 is 41.6. The van der Waals surface area contributed by atoms with E-state index in [1.165, 1.54) is 11.0 Å². The number of nitrogens with zero attached hydrogens (tertiary/aromatic N) is 3. The number of ether oxygens (including phenoxy) is 1. The molecule has 18 heavy (non-hydrogen) atoms. The fraction of sp³-hybridized carbons (Fsp3) is 0.111. The molecule has 2 rings (SSSR count). The molecule has 0 saturated carbocycles. The summed E-state index contributed by atoms with van der Waals surface area (Å²) in [6.07, 6.45) is 1.30. The Labute approximate surface area is 144 Å². The van der Waals surface area contributed by atoms with Crippen LogP contribution in [0.1, 0.15) is 0 Å². The van der Waals surface area contributed by atoms with Gasteiger partial charge in [0, 0.05) is 0 Å². The Bertz CT molecular complexity index is 491. The maximum Gasteiger partial charge on any atom is 1.00 e. The molecule has 0 fully saturated rings. The first-order chi connectivity index (χ1) is 8.04. The van der Waals surface area contributed by atoms with E-state index >= 15 is 0 Å². The zero-order valence-electron chi connectivity index (χ0n) is 9.63. The van der Waals surface area contributed by atoms with Gasteiger partial charge in [-0.25, -0.2) is 4.68 Å². The number of benzene rings is 1. The predicted molar refractivity (Wildman–Crippen MR) is 55.9 cm³/mol. The predicted octanol–water partition coefficient (Wildman–Crippen LogP) is -0.963. The maximum atomic E-state index is 11.9. The second kappa shape index (κ2) is 6.71. The summed E-state index contributed by atoms with van der Waals surface area (Å²) in [5.41, 5.74) is 0.701. The minimum atomic E-state index is -4.99. The molecule has 9 heteroatoms. The first kappa shape index (κ1) is 15.7. The first-order valence-corrected chi connectivity index (χ1v) is 4.85. The molecule has 4 nitrogen and oxygen atoms in total. The molecule has 2 aromatic rings. The Morgan fingerprint density at radius 1 is 1.17 bits per heavy atom. The normalized spacial score (nSPS) is 10.8. The van der Waals surface area contributed by atoms with Gasteiger partial charge in [0.25, 0.3) is 0 Å². The van der Waals surface area contributed by atoms with E-state index in [4.69, 9.17) is 0 Å². The van der Waals surface area contributed by atoms with Crippen molar-refractivity contribution in [3.8, 4) is 11.7 Å². The molecule has 0 bridgehead atoms. The van der Waals surface area contributed by atoms with E-state index in [0.717, 1.165) is 0 Å². The van der Waals surface area contributed by atoms with Crippen molar-refractivity contribution in [1.29, 1.82) is 0 Å². The molecule has 0 spiro atoms. The van der Waals surface area contributed by atoms with Crippen molar-refractivity contribution in [3.05, 3.63) is 36.7 Å². The molecule has 0 atom stereocenters. The molecule has 1 aromatic carbocycles. The van der Waals surface area contributed by atoms with Crippen LogP contribution in [0.25, 0.3) is 5.69 Å². The number of para-hydroxylation sites is 1. The quantitative estimate of drug-likeness (QED) is 0.678. The Kier molecular flexibility index (Phi) is 5.86. The third-order valence-corrected chi connectivity index (χ3v) is 1.89. The minimum absolute atomic E-state index is 0. The van der Waals surface area contributed by atoms with Gasteiger partial charge in [0.15, 0.2) is 0 Å². The van der Waals surface area contributed by atoms with Crippen molar-refractivity contribution < 1.29 is 69.1 Å². The van der Waals surface area contributed by atoms with Crippen molar-refractivity contribution in [2.75, 3.05) is 6.51 Å². The summed E-state index contributed by atoms with van der Waals surface area (Å²) in [7, 11) is 0. The second-order valence-electron chi connectivity index (χ2n) is 3.33. The second-order valence-corrected chi connectivity index (χ2v) is 3.33. The van der Waals surface area contributed by atoms with Gasteiger partial charge >= 0.3 is 64.4 Å². The number of hydrogen-bond acceptors (Lipinski definition) is 3. The zero-order valence-corrected chi connectivity index (χ0v) is 12.8. The molecular formula is C9H8BF3KN3O. The Hall–Kier alpha value is -0.349. The van der Waals surface area contributed by atoms with Gasteiger partial charge in [-0.05, 0) is 12.1 Å². The summed E-state index contributed by atoms with van der Waals surface area (Å²) in [5, 5.41) is 3.78. The molecular weight excluding hydrogens is 273 g/mol. The monoisotopic (exact) mass is 281 g/mol. The standard InChI is InChI=1S/C9H8BF3N3O.K/c11-10(12,13)6-17-9-14-7-16(15-9)8-4-2-1-3-5-8;/h1-5,7H,6H2;/q-1;+1. The number of halogens is 3. The van der Waals surface area contributed by atoms with E-state index in [1.807, 2.05) is 6.07 Å². The zero-order chi connectivity index (χ0) is 12.3. The molecule has 0 aliphatic carbocycles. The molecule has 0 radical (unpaired) electrons.